The Hall–Kier alpha value is -2.80. The summed E-state index contributed by atoms with van der Waals surface area (Å²) in [4.78, 5) is 24.0. The first-order valence-electron chi connectivity index (χ1n) is 7.62. The normalized spacial score (nSPS) is 16.6. The van der Waals surface area contributed by atoms with Gasteiger partial charge in [0.15, 0.2) is 0 Å². The van der Waals surface area contributed by atoms with Crippen LogP contribution < -0.4 is 0 Å². The van der Waals surface area contributed by atoms with Crippen molar-refractivity contribution in [2.24, 2.45) is 0 Å². The molecule has 0 spiro atoms. The summed E-state index contributed by atoms with van der Waals surface area (Å²) in [6.07, 6.45) is -2.30. The monoisotopic (exact) mass is 381 g/mol. The second kappa shape index (κ2) is 6.49. The van der Waals surface area contributed by atoms with Gasteiger partial charge in [0.05, 0.1) is 17.5 Å². The highest BCUT2D eigenvalue weighted by atomic mass is 32.2. The van der Waals surface area contributed by atoms with Crippen LogP contribution in [0.25, 0.3) is 0 Å². The molecule has 1 aromatic rings. The maximum Gasteiger partial charge on any atom is 0.424 e. The molecule has 0 saturated carbocycles. The third-order valence-electron chi connectivity index (χ3n) is 3.74. The number of benzene rings is 1. The van der Waals surface area contributed by atoms with Crippen molar-refractivity contribution in [3.05, 3.63) is 29.3 Å². The lowest BCUT2D eigenvalue weighted by molar-refractivity contribution is 0.0420. The molecule has 1 heterocycles. The van der Waals surface area contributed by atoms with Crippen molar-refractivity contribution in [1.29, 1.82) is 5.26 Å². The van der Waals surface area contributed by atoms with E-state index in [1.807, 2.05) is 6.07 Å². The van der Waals surface area contributed by atoms with E-state index in [9.17, 15) is 28.4 Å². The molecule has 0 aromatic heterocycles. The summed E-state index contributed by atoms with van der Waals surface area (Å²) < 4.78 is 30.9. The van der Waals surface area contributed by atoms with Crippen LogP contribution in [0, 0.1) is 11.3 Å². The smallest absolute Gasteiger partial charge is 0.424 e. The minimum atomic E-state index is -4.18. The number of ether oxygens (including phenoxy) is 1. The molecule has 2 amide bonds. The summed E-state index contributed by atoms with van der Waals surface area (Å²) in [5.74, 6) is 0. The maximum absolute atomic E-state index is 12.7. The van der Waals surface area contributed by atoms with Crippen molar-refractivity contribution in [3.8, 4) is 6.07 Å². The third kappa shape index (κ3) is 3.57. The molecule has 0 saturated heterocycles. The number of carboxylic acid groups (broad SMARTS) is 1. The minimum absolute atomic E-state index is 0.109. The molecule has 0 aliphatic carbocycles. The zero-order valence-electron chi connectivity index (χ0n) is 14.8. The topological polar surface area (TPSA) is 128 Å². The predicted molar refractivity (Wildman–Crippen MR) is 89.5 cm³/mol. The molecular formula is C16H19N3O6S. The molecule has 10 heteroatoms. The highest BCUT2D eigenvalue weighted by Crippen LogP contribution is 2.35. The fourth-order valence-corrected chi connectivity index (χ4v) is 3.57. The SMILES string of the molecule is CN(C(=O)OC(C)(C)C)S(=O)(=O)c1ccc2c(c1)CN(C(=O)O)C2C#N. The lowest BCUT2D eigenvalue weighted by atomic mass is 10.1. The van der Waals surface area contributed by atoms with Gasteiger partial charge in [-0.05, 0) is 44.0 Å². The van der Waals surface area contributed by atoms with Crippen LogP contribution >= 0.6 is 0 Å². The first-order valence-corrected chi connectivity index (χ1v) is 9.06. The second-order valence-electron chi connectivity index (χ2n) is 6.76. The minimum Gasteiger partial charge on any atom is -0.465 e. The quantitative estimate of drug-likeness (QED) is 0.832. The second-order valence-corrected chi connectivity index (χ2v) is 8.72. The van der Waals surface area contributed by atoms with E-state index >= 15 is 0 Å². The molecule has 1 aromatic carbocycles. The number of sulfonamides is 1. The molecular weight excluding hydrogens is 362 g/mol. The molecule has 2 rings (SSSR count). The molecule has 1 atom stereocenters. The lowest BCUT2D eigenvalue weighted by Crippen LogP contribution is -2.38. The van der Waals surface area contributed by atoms with E-state index < -0.39 is 33.9 Å². The average Bonchev–Trinajstić information content (AvgIpc) is 2.90. The number of carbonyl (C=O) groups is 2. The van der Waals surface area contributed by atoms with E-state index in [0.29, 0.717) is 15.4 Å². The Labute approximate surface area is 151 Å². The van der Waals surface area contributed by atoms with Crippen LogP contribution in [0.15, 0.2) is 23.1 Å². The van der Waals surface area contributed by atoms with Crippen LogP contribution in [0.1, 0.15) is 37.9 Å². The number of nitrogens with zero attached hydrogens (tertiary/aromatic N) is 3. The van der Waals surface area contributed by atoms with Crippen molar-refractivity contribution < 1.29 is 27.9 Å². The number of amides is 2. The Morgan fingerprint density at radius 1 is 1.38 bits per heavy atom. The Morgan fingerprint density at radius 2 is 2.00 bits per heavy atom. The first kappa shape index (κ1) is 19.5. The molecule has 9 nitrogen and oxygen atoms in total. The molecule has 1 aliphatic rings. The molecule has 140 valence electrons. The van der Waals surface area contributed by atoms with Crippen molar-refractivity contribution in [3.63, 3.8) is 0 Å². The maximum atomic E-state index is 12.7. The van der Waals surface area contributed by atoms with Crippen LogP contribution in [0.5, 0.6) is 0 Å². The molecule has 0 fully saturated rings. The summed E-state index contributed by atoms with van der Waals surface area (Å²) in [5, 5.41) is 18.4. The average molecular weight is 381 g/mol. The summed E-state index contributed by atoms with van der Waals surface area (Å²) >= 11 is 0. The summed E-state index contributed by atoms with van der Waals surface area (Å²) in [6, 6.07) is 4.80. The van der Waals surface area contributed by atoms with Gasteiger partial charge in [-0.3, -0.25) is 4.90 Å². The van der Waals surface area contributed by atoms with Gasteiger partial charge in [0.25, 0.3) is 10.0 Å². The zero-order valence-corrected chi connectivity index (χ0v) is 15.6. The number of carbonyl (C=O) groups excluding carboxylic acids is 1. The number of hydrogen-bond acceptors (Lipinski definition) is 6. The Balaban J connectivity index is 2.37. The van der Waals surface area contributed by atoms with Gasteiger partial charge in [-0.2, -0.15) is 5.26 Å². The first-order chi connectivity index (χ1) is 11.9. The van der Waals surface area contributed by atoms with E-state index in [2.05, 4.69) is 0 Å². The Morgan fingerprint density at radius 3 is 2.50 bits per heavy atom. The van der Waals surface area contributed by atoms with Crippen molar-refractivity contribution >= 4 is 22.2 Å². The van der Waals surface area contributed by atoms with Gasteiger partial charge in [0, 0.05) is 7.05 Å². The molecule has 1 aliphatic heterocycles. The van der Waals surface area contributed by atoms with Crippen LogP contribution in [0.3, 0.4) is 0 Å². The standard InChI is InChI=1S/C16H19N3O6S/c1-16(2,3)25-15(22)18(4)26(23,24)11-5-6-12-10(7-11)9-19(14(20)21)13(12)8-17/h5-7,13H,9H2,1-4H3,(H,20,21). The molecule has 1 N–H and O–H groups in total. The Bertz CT molecular complexity index is 898. The highest BCUT2D eigenvalue weighted by Gasteiger charge is 2.36. The fourth-order valence-electron chi connectivity index (χ4n) is 2.49. The molecule has 0 bridgehead atoms. The van der Waals surface area contributed by atoms with Crippen LogP contribution in [0.4, 0.5) is 9.59 Å². The van der Waals surface area contributed by atoms with E-state index in [-0.39, 0.29) is 11.4 Å². The predicted octanol–water partition coefficient (Wildman–Crippen LogP) is 2.30. The molecule has 26 heavy (non-hydrogen) atoms. The largest absolute Gasteiger partial charge is 0.465 e. The van der Waals surface area contributed by atoms with Crippen LogP contribution in [-0.4, -0.2) is 47.6 Å². The van der Waals surface area contributed by atoms with Gasteiger partial charge < -0.3 is 9.84 Å². The van der Waals surface area contributed by atoms with Gasteiger partial charge in [0.2, 0.25) is 0 Å². The van der Waals surface area contributed by atoms with Gasteiger partial charge in [-0.25, -0.2) is 22.3 Å². The van der Waals surface area contributed by atoms with E-state index in [1.165, 1.54) is 18.2 Å². The number of hydrogen-bond donors (Lipinski definition) is 1. The van der Waals surface area contributed by atoms with Crippen LogP contribution in [0.2, 0.25) is 0 Å². The zero-order chi connectivity index (χ0) is 19.9. The van der Waals surface area contributed by atoms with E-state index in [0.717, 1.165) is 11.9 Å². The van der Waals surface area contributed by atoms with Gasteiger partial charge in [0.1, 0.15) is 11.6 Å². The van der Waals surface area contributed by atoms with Gasteiger partial charge >= 0.3 is 12.2 Å². The van der Waals surface area contributed by atoms with Crippen molar-refractivity contribution in [2.45, 2.75) is 43.9 Å². The lowest BCUT2D eigenvalue weighted by Gasteiger charge is -2.24. The van der Waals surface area contributed by atoms with E-state index in [4.69, 9.17) is 4.74 Å². The third-order valence-corrected chi connectivity index (χ3v) is 5.46. The number of fused-ring (bicyclic) bond motifs is 1. The van der Waals surface area contributed by atoms with Crippen molar-refractivity contribution in [2.75, 3.05) is 7.05 Å². The van der Waals surface area contributed by atoms with Gasteiger partial charge in [-0.15, -0.1) is 0 Å². The van der Waals surface area contributed by atoms with E-state index in [1.54, 1.807) is 20.8 Å². The summed E-state index contributed by atoms with van der Waals surface area (Å²) in [5.41, 5.74) is -0.0350. The summed E-state index contributed by atoms with van der Waals surface area (Å²) in [7, 11) is -3.10. The molecule has 0 radical (unpaired) electrons. The molecule has 1 unspecified atom stereocenters. The number of rotatable bonds is 2. The Kier molecular flexibility index (Phi) is 4.88. The summed E-state index contributed by atoms with van der Waals surface area (Å²) in [6.45, 7) is 4.73. The van der Waals surface area contributed by atoms with Crippen LogP contribution in [-0.2, 0) is 21.3 Å². The van der Waals surface area contributed by atoms with Crippen molar-refractivity contribution in [1.82, 2.24) is 9.21 Å². The highest BCUT2D eigenvalue weighted by molar-refractivity contribution is 7.89. The van der Waals surface area contributed by atoms with Gasteiger partial charge in [-0.1, -0.05) is 6.07 Å². The fraction of sp³-hybridized carbons (Fsp3) is 0.438. The number of nitriles is 1.